The number of aliphatic hydroxyl groups is 1. The van der Waals surface area contributed by atoms with Crippen LogP contribution in [0.25, 0.3) is 0 Å². The third-order valence-electron chi connectivity index (χ3n) is 1.28. The first-order valence-corrected chi connectivity index (χ1v) is 3.25. The molecule has 0 saturated carbocycles. The molecule has 0 bridgehead atoms. The van der Waals surface area contributed by atoms with Gasteiger partial charge in [0.05, 0.1) is 0 Å². The molecular formula is C6H13NO3. The van der Waals surface area contributed by atoms with Crippen molar-refractivity contribution in [2.24, 2.45) is 5.73 Å². The summed E-state index contributed by atoms with van der Waals surface area (Å²) in [6.07, 6.45) is 1.56. The zero-order chi connectivity index (χ0) is 8.20. The summed E-state index contributed by atoms with van der Waals surface area (Å²) in [6.45, 7) is 1.90. The maximum Gasteiger partial charge on any atom is 0.350 e. The van der Waals surface area contributed by atoms with E-state index in [1.54, 1.807) is 0 Å². The summed E-state index contributed by atoms with van der Waals surface area (Å²) in [5, 5.41) is 17.2. The van der Waals surface area contributed by atoms with E-state index in [4.69, 9.17) is 15.9 Å². The Bertz CT molecular complexity index is 122. The molecule has 0 aromatic heterocycles. The van der Waals surface area contributed by atoms with Gasteiger partial charge in [0.15, 0.2) is 0 Å². The van der Waals surface area contributed by atoms with Gasteiger partial charge in [-0.05, 0) is 6.42 Å². The summed E-state index contributed by atoms with van der Waals surface area (Å²) >= 11 is 0. The fourth-order valence-electron chi connectivity index (χ4n) is 0.553. The van der Waals surface area contributed by atoms with Gasteiger partial charge in [0.25, 0.3) is 0 Å². The number of aliphatic carboxylic acids is 1. The van der Waals surface area contributed by atoms with Crippen molar-refractivity contribution >= 4 is 5.97 Å². The van der Waals surface area contributed by atoms with E-state index >= 15 is 0 Å². The number of carboxylic acid groups (broad SMARTS) is 1. The minimum Gasteiger partial charge on any atom is -0.478 e. The Morgan fingerprint density at radius 1 is 1.70 bits per heavy atom. The quantitative estimate of drug-likeness (QED) is 0.485. The van der Waals surface area contributed by atoms with E-state index in [1.807, 2.05) is 6.92 Å². The summed E-state index contributed by atoms with van der Waals surface area (Å²) in [4.78, 5) is 10.2. The van der Waals surface area contributed by atoms with Crippen molar-refractivity contribution in [3.05, 3.63) is 0 Å². The monoisotopic (exact) mass is 147 g/mol. The fraction of sp³-hybridized carbons (Fsp3) is 0.833. The van der Waals surface area contributed by atoms with Crippen LogP contribution in [0.4, 0.5) is 0 Å². The van der Waals surface area contributed by atoms with Crippen molar-refractivity contribution in [2.45, 2.75) is 31.9 Å². The Morgan fingerprint density at radius 2 is 2.20 bits per heavy atom. The van der Waals surface area contributed by atoms with Gasteiger partial charge in [0.2, 0.25) is 5.72 Å². The first kappa shape index (κ1) is 9.39. The molecule has 0 unspecified atom stereocenters. The molecule has 0 aliphatic rings. The summed E-state index contributed by atoms with van der Waals surface area (Å²) in [6, 6.07) is 0. The van der Waals surface area contributed by atoms with Crippen LogP contribution in [0.5, 0.6) is 0 Å². The maximum atomic E-state index is 10.2. The van der Waals surface area contributed by atoms with Gasteiger partial charge >= 0.3 is 5.97 Å². The molecule has 0 aliphatic heterocycles. The zero-order valence-corrected chi connectivity index (χ0v) is 6.00. The largest absolute Gasteiger partial charge is 0.478 e. The van der Waals surface area contributed by atoms with E-state index < -0.39 is 11.7 Å². The molecule has 0 aromatic rings. The smallest absolute Gasteiger partial charge is 0.350 e. The molecule has 0 spiro atoms. The van der Waals surface area contributed by atoms with E-state index in [0.717, 1.165) is 6.42 Å². The Kier molecular flexibility index (Phi) is 3.32. The lowest BCUT2D eigenvalue weighted by Crippen LogP contribution is -2.47. The van der Waals surface area contributed by atoms with Gasteiger partial charge in [-0.3, -0.25) is 5.73 Å². The average molecular weight is 147 g/mol. The van der Waals surface area contributed by atoms with Gasteiger partial charge in [-0.25, -0.2) is 4.79 Å². The highest BCUT2D eigenvalue weighted by Gasteiger charge is 2.29. The molecule has 0 amide bonds. The van der Waals surface area contributed by atoms with Crippen LogP contribution in [0.3, 0.4) is 0 Å². The van der Waals surface area contributed by atoms with Crippen LogP contribution >= 0.6 is 0 Å². The van der Waals surface area contributed by atoms with Crippen LogP contribution in [0.15, 0.2) is 0 Å². The van der Waals surface area contributed by atoms with Crippen LogP contribution in [0, 0.1) is 0 Å². The fourth-order valence-corrected chi connectivity index (χ4v) is 0.553. The molecule has 0 rings (SSSR count). The number of hydrogen-bond acceptors (Lipinski definition) is 3. The van der Waals surface area contributed by atoms with Gasteiger partial charge in [0, 0.05) is 6.42 Å². The second-order valence-electron chi connectivity index (χ2n) is 2.33. The standard InChI is InChI=1S/C6H13NO3/c1-2-3-4-6(7,10)5(8)9/h10H,2-4,7H2,1H3,(H,8,9)/t6-/m1/s1. The first-order chi connectivity index (χ1) is 4.50. The lowest BCUT2D eigenvalue weighted by molar-refractivity contribution is -0.158. The summed E-state index contributed by atoms with van der Waals surface area (Å²) in [7, 11) is 0. The minimum atomic E-state index is -2.03. The van der Waals surface area contributed by atoms with E-state index in [-0.39, 0.29) is 6.42 Å². The molecular weight excluding hydrogens is 134 g/mol. The Hall–Kier alpha value is -0.610. The number of carboxylic acids is 1. The van der Waals surface area contributed by atoms with Gasteiger partial charge in [0.1, 0.15) is 0 Å². The Labute approximate surface area is 59.7 Å². The van der Waals surface area contributed by atoms with Crippen LogP contribution in [-0.2, 0) is 4.79 Å². The van der Waals surface area contributed by atoms with Crippen molar-refractivity contribution < 1.29 is 15.0 Å². The molecule has 0 aliphatic carbocycles. The van der Waals surface area contributed by atoms with E-state index in [1.165, 1.54) is 0 Å². The third-order valence-corrected chi connectivity index (χ3v) is 1.28. The predicted molar refractivity (Wildman–Crippen MR) is 36.3 cm³/mol. The van der Waals surface area contributed by atoms with E-state index in [0.29, 0.717) is 6.42 Å². The van der Waals surface area contributed by atoms with Crippen LogP contribution in [0.1, 0.15) is 26.2 Å². The lowest BCUT2D eigenvalue weighted by atomic mass is 10.1. The van der Waals surface area contributed by atoms with Crippen molar-refractivity contribution in [3.8, 4) is 0 Å². The van der Waals surface area contributed by atoms with Crippen LogP contribution in [0.2, 0.25) is 0 Å². The van der Waals surface area contributed by atoms with Crippen molar-refractivity contribution in [2.75, 3.05) is 0 Å². The SMILES string of the molecule is CCCC[C@@](N)(O)C(=O)O. The van der Waals surface area contributed by atoms with Crippen molar-refractivity contribution in [1.29, 1.82) is 0 Å². The highest BCUT2D eigenvalue weighted by molar-refractivity contribution is 5.75. The van der Waals surface area contributed by atoms with Crippen LogP contribution in [-0.4, -0.2) is 21.9 Å². The highest BCUT2D eigenvalue weighted by atomic mass is 16.4. The lowest BCUT2D eigenvalue weighted by Gasteiger charge is -2.16. The molecule has 4 nitrogen and oxygen atoms in total. The molecule has 60 valence electrons. The molecule has 0 radical (unpaired) electrons. The van der Waals surface area contributed by atoms with E-state index in [9.17, 15) is 4.79 Å². The zero-order valence-electron chi connectivity index (χ0n) is 6.00. The number of hydrogen-bond donors (Lipinski definition) is 3. The van der Waals surface area contributed by atoms with Crippen molar-refractivity contribution in [1.82, 2.24) is 0 Å². The summed E-state index contributed by atoms with van der Waals surface area (Å²) < 4.78 is 0. The second-order valence-corrected chi connectivity index (χ2v) is 2.33. The average Bonchev–Trinajstić information content (AvgIpc) is 1.84. The van der Waals surface area contributed by atoms with E-state index in [2.05, 4.69) is 0 Å². The second kappa shape index (κ2) is 3.53. The van der Waals surface area contributed by atoms with Gasteiger partial charge in [-0.1, -0.05) is 13.3 Å². The molecule has 4 N–H and O–H groups in total. The van der Waals surface area contributed by atoms with Gasteiger partial charge in [-0.2, -0.15) is 0 Å². The maximum absolute atomic E-state index is 10.2. The summed E-state index contributed by atoms with van der Waals surface area (Å²) in [5.74, 6) is -1.36. The molecule has 4 heteroatoms. The minimum absolute atomic E-state index is 0.110. The number of carbonyl (C=O) groups is 1. The molecule has 10 heavy (non-hydrogen) atoms. The van der Waals surface area contributed by atoms with Gasteiger partial charge in [-0.15, -0.1) is 0 Å². The van der Waals surface area contributed by atoms with Crippen molar-refractivity contribution in [3.63, 3.8) is 0 Å². The normalized spacial score (nSPS) is 16.3. The first-order valence-electron chi connectivity index (χ1n) is 3.25. The number of unbranched alkanes of at least 4 members (excludes halogenated alkanes) is 1. The molecule has 1 atom stereocenters. The molecule has 0 aromatic carbocycles. The van der Waals surface area contributed by atoms with Gasteiger partial charge < -0.3 is 10.2 Å². The molecule has 0 fully saturated rings. The highest BCUT2D eigenvalue weighted by Crippen LogP contribution is 2.07. The third kappa shape index (κ3) is 2.80. The number of nitrogens with two attached hydrogens (primary N) is 1. The summed E-state index contributed by atoms with van der Waals surface area (Å²) in [5.41, 5.74) is 2.97. The van der Waals surface area contributed by atoms with Crippen LogP contribution < -0.4 is 5.73 Å². The predicted octanol–water partition coefficient (Wildman–Crippen LogP) is -0.0915. The Morgan fingerprint density at radius 3 is 2.50 bits per heavy atom. The molecule has 0 saturated heterocycles. The topological polar surface area (TPSA) is 83.5 Å². The Balaban J connectivity index is 3.75. The number of rotatable bonds is 4. The molecule has 0 heterocycles.